The van der Waals surface area contributed by atoms with Crippen LogP contribution in [0.25, 0.3) is 5.78 Å². The van der Waals surface area contributed by atoms with E-state index in [1.165, 1.54) is 18.5 Å². The van der Waals surface area contributed by atoms with Crippen LogP contribution in [0, 0.1) is 12.7 Å². The number of halogens is 1. The number of pyridine rings is 1. The molecule has 3 heterocycles. The molecule has 0 aliphatic rings. The van der Waals surface area contributed by atoms with E-state index in [1.807, 2.05) is 31.2 Å². The number of aromatic nitrogens is 5. The summed E-state index contributed by atoms with van der Waals surface area (Å²) in [7, 11) is 0. The number of fused-ring (bicyclic) bond motifs is 1. The van der Waals surface area contributed by atoms with E-state index in [0.717, 1.165) is 35.7 Å². The van der Waals surface area contributed by atoms with Gasteiger partial charge in [-0.1, -0.05) is 18.2 Å². The maximum atomic E-state index is 13.3. The van der Waals surface area contributed by atoms with Crippen LogP contribution >= 0.6 is 0 Å². The molecule has 3 aromatic heterocycles. The van der Waals surface area contributed by atoms with Gasteiger partial charge in [-0.15, -0.1) is 0 Å². The Hall–Kier alpha value is -3.35. The average molecular weight is 362 g/mol. The van der Waals surface area contributed by atoms with Gasteiger partial charge in [0.05, 0.1) is 0 Å². The first-order valence-electron chi connectivity index (χ1n) is 8.76. The Morgan fingerprint density at radius 3 is 2.70 bits per heavy atom. The third-order valence-corrected chi connectivity index (χ3v) is 4.34. The molecule has 0 amide bonds. The second-order valence-electron chi connectivity index (χ2n) is 6.35. The van der Waals surface area contributed by atoms with Gasteiger partial charge in [-0.2, -0.15) is 14.6 Å². The van der Waals surface area contributed by atoms with Crippen LogP contribution in [0.5, 0.6) is 0 Å². The summed E-state index contributed by atoms with van der Waals surface area (Å²) in [6, 6.07) is 14.5. The standard InChI is InChI=1S/C20H19FN6/c1-15-12-19(27-20(25-15)23-14-24-27)26(11-9-18-4-2-3-10-22-18)13-16-5-7-17(21)8-6-16/h2-8,10,12,14H,9,11,13H2,1H3. The van der Waals surface area contributed by atoms with Crippen molar-refractivity contribution in [3.05, 3.63) is 83.8 Å². The topological polar surface area (TPSA) is 59.2 Å². The van der Waals surface area contributed by atoms with Crippen LogP contribution in [0.1, 0.15) is 17.0 Å². The van der Waals surface area contributed by atoms with E-state index in [-0.39, 0.29) is 5.82 Å². The van der Waals surface area contributed by atoms with Crippen molar-refractivity contribution in [3.8, 4) is 0 Å². The Bertz CT molecular complexity index is 1030. The molecular formula is C20H19FN6. The molecule has 0 aliphatic heterocycles. The SMILES string of the molecule is Cc1cc(N(CCc2ccccn2)Cc2ccc(F)cc2)n2ncnc2n1. The number of aryl methyl sites for hydroxylation is 1. The van der Waals surface area contributed by atoms with Gasteiger partial charge in [0, 0.05) is 43.2 Å². The Labute approximate surface area is 156 Å². The van der Waals surface area contributed by atoms with Crippen molar-refractivity contribution >= 4 is 11.6 Å². The van der Waals surface area contributed by atoms with Crippen molar-refractivity contribution in [2.24, 2.45) is 0 Å². The second-order valence-corrected chi connectivity index (χ2v) is 6.35. The maximum absolute atomic E-state index is 13.3. The van der Waals surface area contributed by atoms with E-state index in [9.17, 15) is 4.39 Å². The molecule has 6 nitrogen and oxygen atoms in total. The molecule has 0 saturated carbocycles. The molecule has 0 aliphatic carbocycles. The highest BCUT2D eigenvalue weighted by atomic mass is 19.1. The van der Waals surface area contributed by atoms with E-state index < -0.39 is 0 Å². The van der Waals surface area contributed by atoms with Crippen LogP contribution in [0.2, 0.25) is 0 Å². The quantitative estimate of drug-likeness (QED) is 0.527. The molecule has 0 saturated heterocycles. The summed E-state index contributed by atoms with van der Waals surface area (Å²) in [6.45, 7) is 3.28. The zero-order valence-electron chi connectivity index (χ0n) is 15.0. The second kappa shape index (κ2) is 7.49. The zero-order valence-corrected chi connectivity index (χ0v) is 15.0. The molecule has 0 bridgehead atoms. The molecular weight excluding hydrogens is 343 g/mol. The van der Waals surface area contributed by atoms with Gasteiger partial charge in [0.2, 0.25) is 0 Å². The summed E-state index contributed by atoms with van der Waals surface area (Å²) in [5.41, 5.74) is 2.90. The summed E-state index contributed by atoms with van der Waals surface area (Å²) in [5.74, 6) is 1.22. The van der Waals surface area contributed by atoms with Gasteiger partial charge in [-0.3, -0.25) is 4.98 Å². The highest BCUT2D eigenvalue weighted by Crippen LogP contribution is 2.19. The molecule has 7 heteroatoms. The molecule has 1 aromatic carbocycles. The minimum atomic E-state index is -0.239. The Morgan fingerprint density at radius 2 is 1.93 bits per heavy atom. The molecule has 0 atom stereocenters. The Kier molecular flexibility index (Phi) is 4.74. The molecule has 0 radical (unpaired) electrons. The summed E-state index contributed by atoms with van der Waals surface area (Å²) in [6.07, 6.45) is 4.07. The van der Waals surface area contributed by atoms with Crippen LogP contribution in [-0.2, 0) is 13.0 Å². The first kappa shape index (κ1) is 17.1. The highest BCUT2D eigenvalue weighted by molar-refractivity contribution is 5.48. The fraction of sp³-hybridized carbons (Fsp3) is 0.200. The van der Waals surface area contributed by atoms with Crippen molar-refractivity contribution in [1.29, 1.82) is 0 Å². The molecule has 0 fully saturated rings. The predicted octanol–water partition coefficient (Wildman–Crippen LogP) is 3.22. The average Bonchev–Trinajstić information content (AvgIpc) is 3.15. The molecule has 4 rings (SSSR count). The summed E-state index contributed by atoms with van der Waals surface area (Å²) < 4.78 is 15.0. The van der Waals surface area contributed by atoms with Crippen molar-refractivity contribution in [2.45, 2.75) is 19.9 Å². The van der Waals surface area contributed by atoms with Gasteiger partial charge in [0.1, 0.15) is 18.0 Å². The summed E-state index contributed by atoms with van der Waals surface area (Å²) in [5, 5.41) is 4.32. The fourth-order valence-electron chi connectivity index (χ4n) is 3.02. The van der Waals surface area contributed by atoms with Crippen molar-refractivity contribution in [2.75, 3.05) is 11.4 Å². The lowest BCUT2D eigenvalue weighted by molar-refractivity contribution is 0.626. The lowest BCUT2D eigenvalue weighted by Crippen LogP contribution is -2.28. The Balaban J connectivity index is 1.67. The first-order valence-corrected chi connectivity index (χ1v) is 8.76. The fourth-order valence-corrected chi connectivity index (χ4v) is 3.02. The number of rotatable bonds is 6. The van der Waals surface area contributed by atoms with E-state index >= 15 is 0 Å². The molecule has 0 unspecified atom stereocenters. The summed E-state index contributed by atoms with van der Waals surface area (Å²) in [4.78, 5) is 15.2. The molecule has 0 spiro atoms. The van der Waals surface area contributed by atoms with Crippen molar-refractivity contribution in [3.63, 3.8) is 0 Å². The van der Waals surface area contributed by atoms with Gasteiger partial charge >= 0.3 is 0 Å². The van der Waals surface area contributed by atoms with Gasteiger partial charge < -0.3 is 4.90 Å². The zero-order chi connectivity index (χ0) is 18.6. The Morgan fingerprint density at radius 1 is 1.07 bits per heavy atom. The lowest BCUT2D eigenvalue weighted by atomic mass is 10.2. The van der Waals surface area contributed by atoms with Crippen LogP contribution in [-0.4, -0.2) is 31.1 Å². The van der Waals surface area contributed by atoms with E-state index in [0.29, 0.717) is 12.3 Å². The molecule has 136 valence electrons. The maximum Gasteiger partial charge on any atom is 0.254 e. The first-order chi connectivity index (χ1) is 13.2. The number of nitrogens with zero attached hydrogens (tertiary/aromatic N) is 6. The largest absolute Gasteiger partial charge is 0.352 e. The number of hydrogen-bond donors (Lipinski definition) is 0. The molecule has 4 aromatic rings. The predicted molar refractivity (Wildman–Crippen MR) is 101 cm³/mol. The van der Waals surface area contributed by atoms with Crippen molar-refractivity contribution in [1.82, 2.24) is 24.6 Å². The molecule has 0 N–H and O–H groups in total. The van der Waals surface area contributed by atoms with Gasteiger partial charge in [-0.25, -0.2) is 9.37 Å². The minimum absolute atomic E-state index is 0.239. The van der Waals surface area contributed by atoms with Gasteiger partial charge in [0.25, 0.3) is 5.78 Å². The lowest BCUT2D eigenvalue weighted by Gasteiger charge is -2.25. The smallest absolute Gasteiger partial charge is 0.254 e. The van der Waals surface area contributed by atoms with Crippen LogP contribution in [0.3, 0.4) is 0 Å². The van der Waals surface area contributed by atoms with Gasteiger partial charge in [-0.05, 0) is 36.8 Å². The van der Waals surface area contributed by atoms with E-state index in [4.69, 9.17) is 0 Å². The minimum Gasteiger partial charge on any atom is -0.352 e. The normalized spacial score (nSPS) is 11.0. The van der Waals surface area contributed by atoms with Gasteiger partial charge in [0.15, 0.2) is 0 Å². The van der Waals surface area contributed by atoms with Crippen LogP contribution < -0.4 is 4.90 Å². The highest BCUT2D eigenvalue weighted by Gasteiger charge is 2.15. The van der Waals surface area contributed by atoms with Crippen molar-refractivity contribution < 1.29 is 4.39 Å². The van der Waals surface area contributed by atoms with E-state index in [1.54, 1.807) is 22.8 Å². The van der Waals surface area contributed by atoms with Crippen LogP contribution in [0.4, 0.5) is 10.2 Å². The molecule has 27 heavy (non-hydrogen) atoms. The third kappa shape index (κ3) is 3.92. The van der Waals surface area contributed by atoms with Crippen LogP contribution in [0.15, 0.2) is 61.1 Å². The number of anilines is 1. The monoisotopic (exact) mass is 362 g/mol. The number of benzene rings is 1. The third-order valence-electron chi connectivity index (χ3n) is 4.34. The van der Waals surface area contributed by atoms with E-state index in [2.05, 4.69) is 25.0 Å². The number of hydrogen-bond acceptors (Lipinski definition) is 5. The summed E-state index contributed by atoms with van der Waals surface area (Å²) >= 11 is 0.